The second-order valence-corrected chi connectivity index (χ2v) is 5.63. The van der Waals surface area contributed by atoms with Gasteiger partial charge in [-0.15, -0.1) is 12.4 Å². The molecule has 0 unspecified atom stereocenters. The maximum atomic E-state index is 14.2. The lowest BCUT2D eigenvalue weighted by Crippen LogP contribution is -2.36. The predicted octanol–water partition coefficient (Wildman–Crippen LogP) is 2.95. The third-order valence-electron chi connectivity index (χ3n) is 3.77. The van der Waals surface area contributed by atoms with Gasteiger partial charge in [0.2, 0.25) is 0 Å². The quantitative estimate of drug-likeness (QED) is 0.426. The summed E-state index contributed by atoms with van der Waals surface area (Å²) in [4.78, 5) is 12.1. The molecule has 26 heavy (non-hydrogen) atoms. The number of aromatic nitrogens is 2. The van der Waals surface area contributed by atoms with Crippen LogP contribution in [0.25, 0.3) is 5.69 Å². The van der Waals surface area contributed by atoms with Gasteiger partial charge in [-0.3, -0.25) is 15.5 Å². The van der Waals surface area contributed by atoms with Crippen molar-refractivity contribution in [2.75, 3.05) is 0 Å². The second kappa shape index (κ2) is 6.94. The van der Waals surface area contributed by atoms with Gasteiger partial charge < -0.3 is 5.73 Å². The fraction of sp³-hybridized carbons (Fsp3) is 0.267. The Morgan fingerprint density at radius 2 is 2.00 bits per heavy atom. The van der Waals surface area contributed by atoms with Crippen LogP contribution in [0.2, 0.25) is 0 Å². The van der Waals surface area contributed by atoms with E-state index in [1.807, 2.05) is 0 Å². The molecule has 140 valence electrons. The van der Waals surface area contributed by atoms with Crippen LogP contribution in [-0.4, -0.2) is 21.6 Å². The lowest BCUT2D eigenvalue weighted by molar-refractivity contribution is -0.137. The number of hydrogen-bond acceptors (Lipinski definition) is 3. The number of amides is 1. The molecule has 1 fully saturated rings. The van der Waals surface area contributed by atoms with Crippen LogP contribution >= 0.6 is 12.4 Å². The van der Waals surface area contributed by atoms with E-state index >= 15 is 0 Å². The van der Waals surface area contributed by atoms with Crippen LogP contribution in [0.5, 0.6) is 0 Å². The molecule has 1 saturated carbocycles. The summed E-state index contributed by atoms with van der Waals surface area (Å²) in [7, 11) is 0. The molecule has 0 radical (unpaired) electrons. The molecule has 6 nitrogen and oxygen atoms in total. The van der Waals surface area contributed by atoms with E-state index in [0.29, 0.717) is 12.8 Å². The molecule has 1 aliphatic carbocycles. The van der Waals surface area contributed by atoms with Crippen LogP contribution in [0.4, 0.5) is 17.6 Å². The number of benzene rings is 1. The van der Waals surface area contributed by atoms with Crippen LogP contribution in [0.1, 0.15) is 40.4 Å². The van der Waals surface area contributed by atoms with E-state index in [0.717, 1.165) is 29.1 Å². The number of carbonyl (C=O) groups excluding carboxylic acids is 1. The molecule has 11 heteroatoms. The Bertz CT molecular complexity index is 860. The topological polar surface area (TPSA) is 96.8 Å². The Morgan fingerprint density at radius 3 is 2.54 bits per heavy atom. The van der Waals surface area contributed by atoms with Gasteiger partial charge in [0, 0.05) is 5.92 Å². The lowest BCUT2D eigenvalue weighted by Gasteiger charge is -2.16. The molecule has 1 aromatic heterocycles. The van der Waals surface area contributed by atoms with Crippen molar-refractivity contribution in [2.24, 2.45) is 5.73 Å². The Balaban J connectivity index is 0.00000243. The third-order valence-corrected chi connectivity index (χ3v) is 3.77. The number of guanidine groups is 1. The summed E-state index contributed by atoms with van der Waals surface area (Å²) in [6.07, 6.45) is -2.45. The number of rotatable bonds is 3. The third kappa shape index (κ3) is 3.64. The zero-order valence-corrected chi connectivity index (χ0v) is 13.9. The highest BCUT2D eigenvalue weighted by Gasteiger charge is 2.39. The fourth-order valence-corrected chi connectivity index (χ4v) is 2.61. The van der Waals surface area contributed by atoms with Gasteiger partial charge in [0.05, 0.1) is 23.0 Å². The Kier molecular flexibility index (Phi) is 5.26. The molecule has 4 N–H and O–H groups in total. The van der Waals surface area contributed by atoms with Crippen LogP contribution < -0.4 is 11.1 Å². The molecule has 0 saturated heterocycles. The van der Waals surface area contributed by atoms with E-state index < -0.39 is 35.1 Å². The molecular weight excluding hydrogens is 378 g/mol. The molecule has 0 spiro atoms. The van der Waals surface area contributed by atoms with E-state index in [1.54, 1.807) is 0 Å². The van der Waals surface area contributed by atoms with Crippen molar-refractivity contribution in [3.8, 4) is 5.69 Å². The summed E-state index contributed by atoms with van der Waals surface area (Å²) >= 11 is 0. The number of para-hydroxylation sites is 1. The molecule has 1 aromatic carbocycles. The first kappa shape index (κ1) is 19.7. The average molecular weight is 392 g/mol. The van der Waals surface area contributed by atoms with Crippen LogP contribution in [0, 0.1) is 11.2 Å². The summed E-state index contributed by atoms with van der Waals surface area (Å²) in [5.74, 6) is -2.69. The molecular formula is C15H14ClF4N5O. The van der Waals surface area contributed by atoms with E-state index in [2.05, 4.69) is 10.4 Å². The fourth-order valence-electron chi connectivity index (χ4n) is 2.61. The van der Waals surface area contributed by atoms with Gasteiger partial charge in [-0.1, -0.05) is 6.07 Å². The largest absolute Gasteiger partial charge is 0.418 e. The van der Waals surface area contributed by atoms with Crippen molar-refractivity contribution < 1.29 is 22.4 Å². The zero-order valence-electron chi connectivity index (χ0n) is 13.1. The normalized spacial score (nSPS) is 13.8. The van der Waals surface area contributed by atoms with E-state index in [1.165, 1.54) is 0 Å². The van der Waals surface area contributed by atoms with Crippen LogP contribution in [-0.2, 0) is 6.18 Å². The highest BCUT2D eigenvalue weighted by atomic mass is 35.5. The highest BCUT2D eigenvalue weighted by molar-refractivity contribution is 6.05. The molecule has 1 heterocycles. The summed E-state index contributed by atoms with van der Waals surface area (Å²) in [6, 6.07) is 2.62. The summed E-state index contributed by atoms with van der Waals surface area (Å²) in [5.41, 5.74) is 3.32. The second-order valence-electron chi connectivity index (χ2n) is 5.63. The molecule has 3 rings (SSSR count). The minimum atomic E-state index is -4.79. The monoisotopic (exact) mass is 391 g/mol. The van der Waals surface area contributed by atoms with Crippen LogP contribution in [0.3, 0.4) is 0 Å². The Hall–Kier alpha value is -2.62. The number of nitrogens with one attached hydrogen (secondary N) is 2. The zero-order chi connectivity index (χ0) is 18.4. The van der Waals surface area contributed by atoms with E-state index in [4.69, 9.17) is 11.1 Å². The van der Waals surface area contributed by atoms with E-state index in [9.17, 15) is 22.4 Å². The number of hydrogen-bond donors (Lipinski definition) is 3. The van der Waals surface area contributed by atoms with Gasteiger partial charge in [0.25, 0.3) is 5.91 Å². The van der Waals surface area contributed by atoms with Crippen molar-refractivity contribution in [3.63, 3.8) is 0 Å². The smallest absolute Gasteiger partial charge is 0.370 e. The lowest BCUT2D eigenvalue weighted by atomic mass is 10.1. The maximum absolute atomic E-state index is 14.2. The highest BCUT2D eigenvalue weighted by Crippen LogP contribution is 2.44. The molecule has 0 atom stereocenters. The standard InChI is InChI=1S/C15H13F4N5O.ClH/c16-10-3-1-2-9(15(17,18)19)12(10)24-11(7-4-5-7)8(6-22-24)13(25)23-14(20)21;/h1-3,6-7H,4-5H2,(H4,20,21,23,25);1H. The average Bonchev–Trinajstić information content (AvgIpc) is 3.24. The number of nitrogens with zero attached hydrogens (tertiary/aromatic N) is 2. The molecule has 1 amide bonds. The molecule has 1 aliphatic rings. The maximum Gasteiger partial charge on any atom is 0.418 e. The number of alkyl halides is 3. The number of halogens is 5. The number of carbonyl (C=O) groups is 1. The van der Waals surface area contributed by atoms with Crippen molar-refractivity contribution >= 4 is 24.3 Å². The first-order valence-electron chi connectivity index (χ1n) is 7.29. The van der Waals surface area contributed by atoms with Crippen molar-refractivity contribution in [1.29, 1.82) is 5.41 Å². The van der Waals surface area contributed by atoms with Gasteiger partial charge >= 0.3 is 6.18 Å². The minimum absolute atomic E-state index is 0. The van der Waals surface area contributed by atoms with Crippen molar-refractivity contribution in [1.82, 2.24) is 15.1 Å². The van der Waals surface area contributed by atoms with Gasteiger partial charge in [0.1, 0.15) is 11.5 Å². The van der Waals surface area contributed by atoms with Crippen molar-refractivity contribution in [2.45, 2.75) is 24.9 Å². The summed E-state index contributed by atoms with van der Waals surface area (Å²) in [5, 5.41) is 13.0. The van der Waals surface area contributed by atoms with Gasteiger partial charge in [-0.05, 0) is 25.0 Å². The summed E-state index contributed by atoms with van der Waals surface area (Å²) < 4.78 is 54.9. The molecule has 0 bridgehead atoms. The number of nitrogens with two attached hydrogens (primary N) is 1. The van der Waals surface area contributed by atoms with Crippen LogP contribution in [0.15, 0.2) is 24.4 Å². The summed E-state index contributed by atoms with van der Waals surface area (Å²) in [6.45, 7) is 0. The SMILES string of the molecule is Cl.N=C(N)NC(=O)c1cnn(-c2c(F)cccc2C(F)(F)F)c1C1CC1. The Labute approximate surface area is 151 Å². The van der Waals surface area contributed by atoms with E-state index in [-0.39, 0.29) is 29.6 Å². The van der Waals surface area contributed by atoms with Gasteiger partial charge in [-0.2, -0.15) is 18.3 Å². The molecule has 2 aromatic rings. The predicted molar refractivity (Wildman–Crippen MR) is 87.1 cm³/mol. The molecule has 0 aliphatic heterocycles. The first-order valence-corrected chi connectivity index (χ1v) is 7.29. The van der Waals surface area contributed by atoms with Crippen molar-refractivity contribution in [3.05, 3.63) is 47.0 Å². The first-order chi connectivity index (χ1) is 11.7. The van der Waals surface area contributed by atoms with Gasteiger partial charge in [-0.25, -0.2) is 9.07 Å². The Morgan fingerprint density at radius 1 is 1.35 bits per heavy atom. The minimum Gasteiger partial charge on any atom is -0.370 e. The van der Waals surface area contributed by atoms with Gasteiger partial charge in [0.15, 0.2) is 5.96 Å².